The molecule has 0 atom stereocenters. The van der Waals surface area contributed by atoms with Crippen molar-refractivity contribution in [1.82, 2.24) is 40.4 Å². The predicted molar refractivity (Wildman–Crippen MR) is 150 cm³/mol. The molecule has 0 aliphatic rings. The highest BCUT2D eigenvalue weighted by Crippen LogP contribution is 2.33. The highest BCUT2D eigenvalue weighted by atomic mass is 32.1. The van der Waals surface area contributed by atoms with Crippen molar-refractivity contribution in [3.05, 3.63) is 102 Å². The van der Waals surface area contributed by atoms with Crippen LogP contribution in [0.1, 0.15) is 11.1 Å². The molecule has 7 aromatic rings. The predicted octanol–water partition coefficient (Wildman–Crippen LogP) is 6.12. The molecule has 10 heteroatoms. The first-order valence-electron chi connectivity index (χ1n) is 12.4. The van der Waals surface area contributed by atoms with Gasteiger partial charge < -0.3 is 10.3 Å². The van der Waals surface area contributed by atoms with Crippen LogP contribution in [0.3, 0.4) is 0 Å². The van der Waals surface area contributed by atoms with Gasteiger partial charge in [-0.25, -0.2) is 15.0 Å². The van der Waals surface area contributed by atoms with Crippen molar-refractivity contribution in [1.29, 1.82) is 0 Å². The van der Waals surface area contributed by atoms with E-state index in [1.165, 1.54) is 11.6 Å². The van der Waals surface area contributed by atoms with E-state index >= 15 is 0 Å². The molecule has 0 spiro atoms. The van der Waals surface area contributed by atoms with Gasteiger partial charge in [0.25, 0.3) is 0 Å². The van der Waals surface area contributed by atoms with Crippen LogP contribution in [0.25, 0.3) is 55.4 Å². The Morgan fingerprint density at radius 3 is 2.64 bits per heavy atom. The Bertz CT molecular complexity index is 1920. The van der Waals surface area contributed by atoms with E-state index in [0.29, 0.717) is 34.7 Å². The van der Waals surface area contributed by atoms with Crippen molar-refractivity contribution < 1.29 is 4.39 Å². The molecular weight excluding hydrogens is 511 g/mol. The largest absolute Gasteiger partial charge is 0.321 e. The monoisotopic (exact) mass is 532 g/mol. The van der Waals surface area contributed by atoms with E-state index in [9.17, 15) is 4.39 Å². The van der Waals surface area contributed by atoms with Crippen LogP contribution in [0, 0.1) is 5.13 Å². The number of fused-ring (bicyclic) bond motifs is 2. The molecule has 6 heterocycles. The van der Waals surface area contributed by atoms with E-state index in [0.717, 1.165) is 50.7 Å². The summed E-state index contributed by atoms with van der Waals surface area (Å²) in [7, 11) is 0. The van der Waals surface area contributed by atoms with Gasteiger partial charge in [0.2, 0.25) is 0 Å². The standard InChI is InChI=1S/C29H21FN8S/c30-24-9-8-23(39-24)20-10-11-33-28-25(20)35-29(36-28)27-26-22(37-38-27)7-6-21(34-26)19-12-18(15-32-16-19)14-31-13-17-4-2-1-3-5-17/h1-12,15-16,31H,13-14H2,(H,37,38)(H,33,35,36). The molecule has 0 aliphatic carbocycles. The smallest absolute Gasteiger partial charge is 0.176 e. The molecule has 190 valence electrons. The third kappa shape index (κ3) is 4.56. The van der Waals surface area contributed by atoms with Crippen molar-refractivity contribution >= 4 is 33.5 Å². The third-order valence-corrected chi connectivity index (χ3v) is 7.35. The van der Waals surface area contributed by atoms with Gasteiger partial charge in [0.05, 0.1) is 11.2 Å². The second-order valence-corrected chi connectivity index (χ2v) is 10.1. The van der Waals surface area contributed by atoms with Crippen LogP contribution in [-0.4, -0.2) is 35.1 Å². The number of hydrogen-bond donors (Lipinski definition) is 3. The van der Waals surface area contributed by atoms with E-state index in [1.807, 2.05) is 48.8 Å². The highest BCUT2D eigenvalue weighted by molar-refractivity contribution is 7.14. The normalized spacial score (nSPS) is 11.5. The van der Waals surface area contributed by atoms with Crippen molar-refractivity contribution in [2.45, 2.75) is 13.1 Å². The van der Waals surface area contributed by atoms with E-state index in [2.05, 4.69) is 48.7 Å². The zero-order chi connectivity index (χ0) is 26.2. The fraction of sp³-hybridized carbons (Fsp3) is 0.0690. The van der Waals surface area contributed by atoms with Gasteiger partial charge >= 0.3 is 0 Å². The van der Waals surface area contributed by atoms with Crippen LogP contribution in [0.5, 0.6) is 0 Å². The van der Waals surface area contributed by atoms with E-state index in [4.69, 9.17) is 9.97 Å². The lowest BCUT2D eigenvalue weighted by atomic mass is 10.1. The summed E-state index contributed by atoms with van der Waals surface area (Å²) >= 11 is 1.08. The summed E-state index contributed by atoms with van der Waals surface area (Å²) in [6.45, 7) is 1.47. The first-order chi connectivity index (χ1) is 19.2. The number of thiophene rings is 1. The number of H-pyrrole nitrogens is 2. The van der Waals surface area contributed by atoms with Gasteiger partial charge in [-0.1, -0.05) is 30.3 Å². The lowest BCUT2D eigenvalue weighted by Gasteiger charge is -2.07. The number of rotatable bonds is 7. The molecule has 0 amide bonds. The molecule has 0 aliphatic heterocycles. The van der Waals surface area contributed by atoms with Crippen molar-refractivity contribution in [2.75, 3.05) is 0 Å². The van der Waals surface area contributed by atoms with Crippen LogP contribution >= 0.6 is 11.3 Å². The average Bonchev–Trinajstić information content (AvgIpc) is 3.71. The maximum atomic E-state index is 13.7. The second kappa shape index (κ2) is 9.82. The fourth-order valence-electron chi connectivity index (χ4n) is 4.58. The van der Waals surface area contributed by atoms with Gasteiger partial charge in [-0.3, -0.25) is 10.1 Å². The Balaban J connectivity index is 1.20. The molecule has 0 saturated heterocycles. The summed E-state index contributed by atoms with van der Waals surface area (Å²) in [6.07, 6.45) is 5.36. The van der Waals surface area contributed by atoms with Crippen LogP contribution in [0.2, 0.25) is 0 Å². The number of nitrogens with zero attached hydrogens (tertiary/aromatic N) is 5. The minimum atomic E-state index is -0.244. The molecule has 0 fully saturated rings. The summed E-state index contributed by atoms with van der Waals surface area (Å²) in [5.41, 5.74) is 8.12. The van der Waals surface area contributed by atoms with Crippen LogP contribution in [0.4, 0.5) is 4.39 Å². The maximum absolute atomic E-state index is 13.7. The topological polar surface area (TPSA) is 108 Å². The molecule has 1 aromatic carbocycles. The van der Waals surface area contributed by atoms with Gasteiger partial charge in [0.15, 0.2) is 22.3 Å². The number of pyridine rings is 3. The van der Waals surface area contributed by atoms with E-state index < -0.39 is 0 Å². The minimum absolute atomic E-state index is 0.244. The lowest BCUT2D eigenvalue weighted by Crippen LogP contribution is -2.12. The number of aromatic amines is 2. The minimum Gasteiger partial charge on any atom is -0.321 e. The molecule has 0 bridgehead atoms. The summed E-state index contributed by atoms with van der Waals surface area (Å²) < 4.78 is 13.7. The van der Waals surface area contributed by atoms with Gasteiger partial charge in [-0.05, 0) is 47.5 Å². The molecule has 6 aromatic heterocycles. The van der Waals surface area contributed by atoms with Gasteiger partial charge in [0.1, 0.15) is 11.0 Å². The Hall–Kier alpha value is -4.80. The van der Waals surface area contributed by atoms with Crippen LogP contribution in [-0.2, 0) is 13.1 Å². The average molecular weight is 533 g/mol. The molecule has 3 N–H and O–H groups in total. The number of nitrogens with one attached hydrogen (secondary N) is 3. The Morgan fingerprint density at radius 1 is 0.872 bits per heavy atom. The maximum Gasteiger partial charge on any atom is 0.176 e. The molecule has 0 unspecified atom stereocenters. The van der Waals surface area contributed by atoms with E-state index in [-0.39, 0.29) is 5.13 Å². The third-order valence-electron chi connectivity index (χ3n) is 6.45. The number of halogens is 1. The number of hydrogen-bond acceptors (Lipinski definition) is 7. The summed E-state index contributed by atoms with van der Waals surface area (Å²) in [5, 5.41) is 10.8. The highest BCUT2D eigenvalue weighted by Gasteiger charge is 2.18. The van der Waals surface area contributed by atoms with E-state index in [1.54, 1.807) is 12.3 Å². The summed E-state index contributed by atoms with van der Waals surface area (Å²) in [5.74, 6) is 0.537. The molecule has 7 rings (SSSR count). The van der Waals surface area contributed by atoms with Crippen LogP contribution in [0.15, 0.2) is 85.3 Å². The second-order valence-electron chi connectivity index (χ2n) is 9.08. The molecule has 0 radical (unpaired) electrons. The van der Waals surface area contributed by atoms with Crippen LogP contribution < -0.4 is 5.32 Å². The van der Waals surface area contributed by atoms with Crippen molar-refractivity contribution in [3.63, 3.8) is 0 Å². The summed E-state index contributed by atoms with van der Waals surface area (Å²) in [4.78, 5) is 22.6. The number of benzene rings is 1. The lowest BCUT2D eigenvalue weighted by molar-refractivity contribution is 0.657. The molecule has 0 saturated carbocycles. The Labute approximate surface area is 226 Å². The first kappa shape index (κ1) is 23.3. The fourth-order valence-corrected chi connectivity index (χ4v) is 5.33. The number of aromatic nitrogens is 7. The molecule has 8 nitrogen and oxygen atoms in total. The van der Waals surface area contributed by atoms with Gasteiger partial charge in [-0.2, -0.15) is 9.49 Å². The summed E-state index contributed by atoms with van der Waals surface area (Å²) in [6, 6.07) is 21.3. The van der Waals surface area contributed by atoms with Crippen molar-refractivity contribution in [3.8, 4) is 33.2 Å². The van der Waals surface area contributed by atoms with Gasteiger partial charge in [0, 0.05) is 47.7 Å². The molecule has 39 heavy (non-hydrogen) atoms. The Morgan fingerprint density at radius 2 is 1.77 bits per heavy atom. The molecular formula is C29H21FN8S. The first-order valence-corrected chi connectivity index (χ1v) is 13.2. The zero-order valence-electron chi connectivity index (χ0n) is 20.5. The zero-order valence-corrected chi connectivity index (χ0v) is 21.3. The van der Waals surface area contributed by atoms with Crippen molar-refractivity contribution in [2.24, 2.45) is 0 Å². The SMILES string of the molecule is Fc1ccc(-c2ccnc3[nH]c(-c4n[nH]c5ccc(-c6cncc(CNCc7ccccc7)c6)nc45)nc23)s1. The quantitative estimate of drug-likeness (QED) is 0.228. The Kier molecular flexibility index (Phi) is 5.87. The van der Waals surface area contributed by atoms with Gasteiger partial charge in [-0.15, -0.1) is 11.3 Å². The number of imidazole rings is 1.